The van der Waals surface area contributed by atoms with E-state index in [-0.39, 0.29) is 35.1 Å². The number of carboxylic acid groups (broad SMARTS) is 1. The van der Waals surface area contributed by atoms with Crippen LogP contribution in [0.2, 0.25) is 0 Å². The Bertz CT molecular complexity index is 647. The van der Waals surface area contributed by atoms with E-state index < -0.39 is 5.97 Å². The van der Waals surface area contributed by atoms with Crippen molar-refractivity contribution in [3.63, 3.8) is 0 Å². The zero-order valence-corrected chi connectivity index (χ0v) is 11.5. The first-order valence-electron chi connectivity index (χ1n) is 6.86. The SMILES string of the molecule is C[C@@H]1C=CC[C@@H]2C(=O)N(c3ccc(C(=O)[O-])cc3)C(=O)[C@H]12. The first kappa shape index (κ1) is 13.5. The van der Waals surface area contributed by atoms with E-state index in [0.29, 0.717) is 12.1 Å². The fourth-order valence-electron chi connectivity index (χ4n) is 3.15. The van der Waals surface area contributed by atoms with Gasteiger partial charge in [-0.25, -0.2) is 0 Å². The molecule has 5 nitrogen and oxygen atoms in total. The molecule has 0 N–H and O–H groups in total. The molecule has 0 radical (unpaired) electrons. The summed E-state index contributed by atoms with van der Waals surface area (Å²) < 4.78 is 0. The topological polar surface area (TPSA) is 77.5 Å². The Hall–Kier alpha value is -2.43. The molecule has 1 aliphatic heterocycles. The molecule has 21 heavy (non-hydrogen) atoms. The molecule has 1 fully saturated rings. The Morgan fingerprint density at radius 1 is 1.19 bits per heavy atom. The minimum absolute atomic E-state index is 0.0188. The van der Waals surface area contributed by atoms with Gasteiger partial charge in [-0.2, -0.15) is 0 Å². The molecule has 0 bridgehead atoms. The molecule has 0 unspecified atom stereocenters. The van der Waals surface area contributed by atoms with Gasteiger partial charge in [-0.05, 0) is 30.0 Å². The Balaban J connectivity index is 1.94. The molecule has 0 saturated carbocycles. The van der Waals surface area contributed by atoms with Gasteiger partial charge in [0.2, 0.25) is 11.8 Å². The van der Waals surface area contributed by atoms with Crippen LogP contribution in [-0.4, -0.2) is 17.8 Å². The average Bonchev–Trinajstić information content (AvgIpc) is 2.72. The van der Waals surface area contributed by atoms with Crippen molar-refractivity contribution in [1.82, 2.24) is 0 Å². The van der Waals surface area contributed by atoms with Crippen LogP contribution in [0.1, 0.15) is 23.7 Å². The molecule has 2 amide bonds. The fourth-order valence-corrected chi connectivity index (χ4v) is 3.15. The molecule has 3 rings (SSSR count). The second-order valence-electron chi connectivity index (χ2n) is 5.50. The average molecular weight is 284 g/mol. The van der Waals surface area contributed by atoms with Crippen molar-refractivity contribution in [2.75, 3.05) is 4.90 Å². The van der Waals surface area contributed by atoms with E-state index in [9.17, 15) is 19.5 Å². The van der Waals surface area contributed by atoms with Crippen molar-refractivity contribution in [1.29, 1.82) is 0 Å². The second kappa shape index (κ2) is 4.84. The highest BCUT2D eigenvalue weighted by Crippen LogP contribution is 2.40. The van der Waals surface area contributed by atoms with E-state index in [1.807, 2.05) is 19.1 Å². The van der Waals surface area contributed by atoms with Crippen LogP contribution >= 0.6 is 0 Å². The number of benzene rings is 1. The van der Waals surface area contributed by atoms with Crippen LogP contribution in [0.3, 0.4) is 0 Å². The van der Waals surface area contributed by atoms with E-state index in [2.05, 4.69) is 0 Å². The lowest BCUT2D eigenvalue weighted by molar-refractivity contribution is -0.255. The van der Waals surface area contributed by atoms with Crippen molar-refractivity contribution in [2.24, 2.45) is 17.8 Å². The van der Waals surface area contributed by atoms with Crippen LogP contribution in [0.4, 0.5) is 5.69 Å². The lowest BCUT2D eigenvalue weighted by atomic mass is 9.78. The summed E-state index contributed by atoms with van der Waals surface area (Å²) in [4.78, 5) is 36.9. The van der Waals surface area contributed by atoms with Gasteiger partial charge in [0.05, 0.1) is 23.5 Å². The Labute approximate surface area is 121 Å². The molecule has 2 aliphatic rings. The van der Waals surface area contributed by atoms with Crippen LogP contribution in [-0.2, 0) is 9.59 Å². The number of aromatic carboxylic acids is 1. The number of nitrogens with zero attached hydrogens (tertiary/aromatic N) is 1. The number of carbonyl (C=O) groups excluding carboxylic acids is 3. The van der Waals surface area contributed by atoms with Gasteiger partial charge >= 0.3 is 0 Å². The zero-order valence-electron chi connectivity index (χ0n) is 11.5. The first-order valence-corrected chi connectivity index (χ1v) is 6.86. The highest BCUT2D eigenvalue weighted by atomic mass is 16.4. The number of amides is 2. The summed E-state index contributed by atoms with van der Waals surface area (Å²) in [5.74, 6) is -2.29. The molecule has 1 aliphatic carbocycles. The highest BCUT2D eigenvalue weighted by molar-refractivity contribution is 6.22. The van der Waals surface area contributed by atoms with Gasteiger partial charge in [0.1, 0.15) is 0 Å². The molecule has 1 aromatic rings. The zero-order chi connectivity index (χ0) is 15.1. The maximum atomic E-state index is 12.5. The van der Waals surface area contributed by atoms with E-state index >= 15 is 0 Å². The minimum atomic E-state index is -1.29. The van der Waals surface area contributed by atoms with Gasteiger partial charge in [-0.1, -0.05) is 31.2 Å². The van der Waals surface area contributed by atoms with Crippen molar-refractivity contribution in [2.45, 2.75) is 13.3 Å². The number of allylic oxidation sites excluding steroid dienone is 2. The summed E-state index contributed by atoms with van der Waals surface area (Å²) in [6.07, 6.45) is 4.49. The van der Waals surface area contributed by atoms with E-state index in [1.165, 1.54) is 29.2 Å². The summed E-state index contributed by atoms with van der Waals surface area (Å²) in [5, 5.41) is 10.7. The van der Waals surface area contributed by atoms with E-state index in [1.54, 1.807) is 0 Å². The van der Waals surface area contributed by atoms with Crippen molar-refractivity contribution in [3.05, 3.63) is 42.0 Å². The maximum Gasteiger partial charge on any atom is 0.238 e. The largest absolute Gasteiger partial charge is 0.545 e. The third-order valence-electron chi connectivity index (χ3n) is 4.23. The summed E-state index contributed by atoms with van der Waals surface area (Å²) >= 11 is 0. The molecule has 0 aromatic heterocycles. The first-order chi connectivity index (χ1) is 10.0. The highest BCUT2D eigenvalue weighted by Gasteiger charge is 2.50. The lowest BCUT2D eigenvalue weighted by Gasteiger charge is -2.22. The molecular weight excluding hydrogens is 270 g/mol. The van der Waals surface area contributed by atoms with Gasteiger partial charge in [-0.15, -0.1) is 0 Å². The summed E-state index contributed by atoms with van der Waals surface area (Å²) in [5.41, 5.74) is 0.432. The van der Waals surface area contributed by atoms with Crippen molar-refractivity contribution < 1.29 is 19.5 Å². The Morgan fingerprint density at radius 3 is 2.43 bits per heavy atom. The summed E-state index contributed by atoms with van der Waals surface area (Å²) in [7, 11) is 0. The number of carbonyl (C=O) groups is 3. The van der Waals surface area contributed by atoms with Crippen LogP contribution in [0.5, 0.6) is 0 Å². The second-order valence-corrected chi connectivity index (χ2v) is 5.50. The smallest absolute Gasteiger partial charge is 0.238 e. The molecule has 0 spiro atoms. The summed E-state index contributed by atoms with van der Waals surface area (Å²) in [6, 6.07) is 5.62. The number of carboxylic acids is 1. The number of hydrogen-bond donors (Lipinski definition) is 0. The molecule has 108 valence electrons. The predicted molar refractivity (Wildman–Crippen MR) is 73.2 cm³/mol. The molecule has 1 saturated heterocycles. The maximum absolute atomic E-state index is 12.5. The Kier molecular flexibility index (Phi) is 3.12. The predicted octanol–water partition coefficient (Wildman–Crippen LogP) is 0.752. The van der Waals surface area contributed by atoms with E-state index in [0.717, 1.165) is 0 Å². The van der Waals surface area contributed by atoms with Gasteiger partial charge in [-0.3, -0.25) is 14.5 Å². The van der Waals surface area contributed by atoms with Crippen LogP contribution in [0.25, 0.3) is 0 Å². The standard InChI is InChI=1S/C16H15NO4/c1-9-3-2-4-12-13(9)15(19)17(14(12)18)11-7-5-10(6-8-11)16(20)21/h2-3,5-9,12-13H,4H2,1H3,(H,20,21)/p-1/t9-,12+,13-/m1/s1. The van der Waals surface area contributed by atoms with Crippen LogP contribution in [0, 0.1) is 17.8 Å². The van der Waals surface area contributed by atoms with Gasteiger partial charge in [0, 0.05) is 0 Å². The van der Waals surface area contributed by atoms with Gasteiger partial charge in [0.15, 0.2) is 0 Å². The van der Waals surface area contributed by atoms with Crippen molar-refractivity contribution >= 4 is 23.5 Å². The lowest BCUT2D eigenvalue weighted by Crippen LogP contribution is -2.31. The number of anilines is 1. The monoisotopic (exact) mass is 284 g/mol. The van der Waals surface area contributed by atoms with Gasteiger partial charge in [0.25, 0.3) is 0 Å². The van der Waals surface area contributed by atoms with Crippen LogP contribution < -0.4 is 10.0 Å². The third-order valence-corrected chi connectivity index (χ3v) is 4.23. The number of rotatable bonds is 2. The normalized spacial score (nSPS) is 27.9. The quantitative estimate of drug-likeness (QED) is 0.593. The number of fused-ring (bicyclic) bond motifs is 1. The van der Waals surface area contributed by atoms with Crippen LogP contribution in [0.15, 0.2) is 36.4 Å². The minimum Gasteiger partial charge on any atom is -0.545 e. The van der Waals surface area contributed by atoms with Gasteiger partial charge < -0.3 is 9.90 Å². The molecule has 1 aromatic carbocycles. The number of hydrogen-bond acceptors (Lipinski definition) is 4. The molecular formula is C16H14NO4-. The van der Waals surface area contributed by atoms with E-state index in [4.69, 9.17) is 0 Å². The number of imide groups is 1. The third kappa shape index (κ3) is 2.05. The summed E-state index contributed by atoms with van der Waals surface area (Å²) in [6.45, 7) is 1.93. The Morgan fingerprint density at radius 2 is 1.86 bits per heavy atom. The van der Waals surface area contributed by atoms with Crippen molar-refractivity contribution in [3.8, 4) is 0 Å². The molecule has 3 atom stereocenters. The molecule has 5 heteroatoms. The fraction of sp³-hybridized carbons (Fsp3) is 0.312. The molecule has 1 heterocycles.